The van der Waals surface area contributed by atoms with Crippen molar-refractivity contribution in [3.63, 3.8) is 0 Å². The summed E-state index contributed by atoms with van der Waals surface area (Å²) in [4.78, 5) is 23.6. The third kappa shape index (κ3) is 5.15. The van der Waals surface area contributed by atoms with Crippen LogP contribution in [0.1, 0.15) is 15.9 Å². The Kier molecular flexibility index (Phi) is 6.21. The molecule has 0 aliphatic heterocycles. The van der Waals surface area contributed by atoms with E-state index in [1.54, 1.807) is 7.05 Å². The van der Waals surface area contributed by atoms with E-state index in [0.717, 1.165) is 18.2 Å². The van der Waals surface area contributed by atoms with Gasteiger partial charge in [-0.1, -0.05) is 17.7 Å². The van der Waals surface area contributed by atoms with Crippen LogP contribution in [0.3, 0.4) is 0 Å². The number of nitrogens with zero attached hydrogens (tertiary/aromatic N) is 2. The number of aromatic nitrogens is 2. The van der Waals surface area contributed by atoms with Crippen molar-refractivity contribution < 1.29 is 27.5 Å². The van der Waals surface area contributed by atoms with Gasteiger partial charge in [-0.15, -0.1) is 0 Å². The number of hydrogen-bond donors (Lipinski definition) is 2. The van der Waals surface area contributed by atoms with Crippen molar-refractivity contribution >= 4 is 29.1 Å². The summed E-state index contributed by atoms with van der Waals surface area (Å²) in [6.07, 6.45) is -3.16. The molecule has 0 bridgehead atoms. The summed E-state index contributed by atoms with van der Waals surface area (Å²) in [5.74, 6) is -1.18. The molecule has 0 saturated heterocycles. The van der Waals surface area contributed by atoms with Gasteiger partial charge < -0.3 is 15.8 Å². The first-order valence-electron chi connectivity index (χ1n) is 8.78. The number of halogens is 4. The van der Waals surface area contributed by atoms with Crippen LogP contribution in [0.5, 0.6) is 5.75 Å². The topological polar surface area (TPSA) is 99.2 Å². The van der Waals surface area contributed by atoms with Gasteiger partial charge in [-0.3, -0.25) is 14.3 Å². The monoisotopic (exact) mass is 452 g/mol. The fraction of sp³-hybridized carbons (Fsp3) is 0.150. The molecule has 3 aromatic rings. The lowest BCUT2D eigenvalue weighted by atomic mass is 10.1. The Morgan fingerprint density at radius 3 is 2.58 bits per heavy atom. The van der Waals surface area contributed by atoms with Crippen LogP contribution in [-0.2, 0) is 18.0 Å². The fourth-order valence-electron chi connectivity index (χ4n) is 2.82. The van der Waals surface area contributed by atoms with Crippen LogP contribution < -0.4 is 15.8 Å². The van der Waals surface area contributed by atoms with Gasteiger partial charge in [0.1, 0.15) is 5.75 Å². The number of aryl methyl sites for hydroxylation is 1. The highest BCUT2D eigenvalue weighted by molar-refractivity contribution is 6.33. The van der Waals surface area contributed by atoms with Gasteiger partial charge in [0.05, 0.1) is 22.5 Å². The summed E-state index contributed by atoms with van der Waals surface area (Å²) in [5, 5.41) is 6.87. The molecule has 0 aliphatic rings. The van der Waals surface area contributed by atoms with Crippen molar-refractivity contribution in [2.24, 2.45) is 12.8 Å². The number of carbonyl (C=O) groups excluding carboxylic acids is 2. The molecule has 3 rings (SSSR count). The number of carbonyl (C=O) groups is 2. The Morgan fingerprint density at radius 1 is 1.23 bits per heavy atom. The summed E-state index contributed by atoms with van der Waals surface area (Å²) in [5.41, 5.74) is 5.13. The van der Waals surface area contributed by atoms with E-state index in [1.165, 1.54) is 35.1 Å². The lowest BCUT2D eigenvalue weighted by molar-refractivity contribution is -0.137. The minimum Gasteiger partial charge on any atom is -0.483 e. The highest BCUT2D eigenvalue weighted by Crippen LogP contribution is 2.37. The molecule has 1 heterocycles. The number of amides is 2. The molecule has 7 nitrogen and oxygen atoms in total. The maximum absolute atomic E-state index is 12.9. The summed E-state index contributed by atoms with van der Waals surface area (Å²) >= 11 is 6.20. The zero-order valence-corrected chi connectivity index (χ0v) is 16.8. The molecule has 0 aliphatic carbocycles. The molecule has 0 atom stereocenters. The van der Waals surface area contributed by atoms with Gasteiger partial charge in [0.25, 0.3) is 11.8 Å². The molecule has 31 heavy (non-hydrogen) atoms. The molecule has 1 aromatic heterocycles. The third-order valence-electron chi connectivity index (χ3n) is 4.21. The van der Waals surface area contributed by atoms with Gasteiger partial charge in [-0.05, 0) is 36.4 Å². The Bertz CT molecular complexity index is 1130. The maximum atomic E-state index is 12.9. The number of primary amides is 1. The van der Waals surface area contributed by atoms with Crippen LogP contribution in [0.15, 0.2) is 48.7 Å². The van der Waals surface area contributed by atoms with E-state index in [9.17, 15) is 22.8 Å². The maximum Gasteiger partial charge on any atom is 0.416 e. The minimum absolute atomic E-state index is 0.163. The van der Waals surface area contributed by atoms with E-state index >= 15 is 0 Å². The van der Waals surface area contributed by atoms with Crippen molar-refractivity contribution in [3.8, 4) is 17.0 Å². The molecule has 0 saturated carbocycles. The average molecular weight is 453 g/mol. The normalized spacial score (nSPS) is 11.3. The fourth-order valence-corrected chi connectivity index (χ4v) is 3.09. The first-order chi connectivity index (χ1) is 14.6. The number of anilines is 1. The number of rotatable bonds is 6. The SMILES string of the molecule is Cn1ncc(Cl)c1-c1cc(NC(=O)c2cccc(C(F)(F)F)c2)ccc1OCC(N)=O. The lowest BCUT2D eigenvalue weighted by Crippen LogP contribution is -2.20. The number of ether oxygens (including phenoxy) is 1. The van der Waals surface area contributed by atoms with Crippen LogP contribution in [0.4, 0.5) is 18.9 Å². The number of benzene rings is 2. The molecule has 0 spiro atoms. The van der Waals surface area contributed by atoms with Crippen molar-refractivity contribution in [2.45, 2.75) is 6.18 Å². The predicted molar refractivity (Wildman–Crippen MR) is 108 cm³/mol. The number of alkyl halides is 3. The lowest BCUT2D eigenvalue weighted by Gasteiger charge is -2.14. The van der Waals surface area contributed by atoms with E-state index in [-0.39, 0.29) is 22.0 Å². The zero-order chi connectivity index (χ0) is 22.8. The summed E-state index contributed by atoms with van der Waals surface area (Å²) in [7, 11) is 1.63. The molecule has 11 heteroatoms. The van der Waals surface area contributed by atoms with Crippen LogP contribution in [0.2, 0.25) is 5.02 Å². The molecule has 2 amide bonds. The standard InChI is InChI=1S/C20H16ClF3N4O3/c1-28-18(15(21)9-26-28)14-8-13(5-6-16(14)31-10-17(25)29)27-19(30)11-3-2-4-12(7-11)20(22,23)24/h2-9H,10H2,1H3,(H2,25,29)(H,27,30). The molecule has 2 aromatic carbocycles. The van der Waals surface area contributed by atoms with E-state index in [4.69, 9.17) is 22.1 Å². The second kappa shape index (κ2) is 8.68. The van der Waals surface area contributed by atoms with Gasteiger partial charge in [-0.2, -0.15) is 18.3 Å². The van der Waals surface area contributed by atoms with Gasteiger partial charge in [-0.25, -0.2) is 0 Å². The van der Waals surface area contributed by atoms with Crippen molar-refractivity contribution in [2.75, 3.05) is 11.9 Å². The quantitative estimate of drug-likeness (QED) is 0.593. The molecule has 0 radical (unpaired) electrons. The van der Waals surface area contributed by atoms with Gasteiger partial charge >= 0.3 is 6.18 Å². The average Bonchev–Trinajstić information content (AvgIpc) is 3.04. The van der Waals surface area contributed by atoms with E-state index in [1.807, 2.05) is 0 Å². The Morgan fingerprint density at radius 2 is 1.97 bits per heavy atom. The van der Waals surface area contributed by atoms with E-state index < -0.39 is 30.2 Å². The second-order valence-corrected chi connectivity index (χ2v) is 6.87. The molecular weight excluding hydrogens is 437 g/mol. The van der Waals surface area contributed by atoms with Crippen LogP contribution in [-0.4, -0.2) is 28.2 Å². The predicted octanol–water partition coefficient (Wildman–Crippen LogP) is 3.88. The number of hydrogen-bond acceptors (Lipinski definition) is 4. The van der Waals surface area contributed by atoms with Crippen LogP contribution in [0, 0.1) is 0 Å². The Labute approximate surface area is 179 Å². The van der Waals surface area contributed by atoms with Crippen molar-refractivity contribution in [1.29, 1.82) is 0 Å². The molecule has 162 valence electrons. The largest absolute Gasteiger partial charge is 0.483 e. The van der Waals surface area contributed by atoms with Gasteiger partial charge in [0.15, 0.2) is 6.61 Å². The highest BCUT2D eigenvalue weighted by Gasteiger charge is 2.31. The van der Waals surface area contributed by atoms with Crippen LogP contribution >= 0.6 is 11.6 Å². The molecule has 0 fully saturated rings. The third-order valence-corrected chi connectivity index (χ3v) is 4.49. The van der Waals surface area contributed by atoms with Gasteiger partial charge in [0, 0.05) is 23.9 Å². The van der Waals surface area contributed by atoms with E-state index in [0.29, 0.717) is 11.3 Å². The second-order valence-electron chi connectivity index (χ2n) is 6.46. The van der Waals surface area contributed by atoms with E-state index in [2.05, 4.69) is 10.4 Å². The molecular formula is C20H16ClF3N4O3. The van der Waals surface area contributed by atoms with Crippen molar-refractivity contribution in [3.05, 3.63) is 64.8 Å². The van der Waals surface area contributed by atoms with Gasteiger partial charge in [0.2, 0.25) is 0 Å². The molecule has 0 unspecified atom stereocenters. The Hall–Kier alpha value is -3.53. The number of nitrogens with one attached hydrogen (secondary N) is 1. The summed E-state index contributed by atoms with van der Waals surface area (Å²) < 4.78 is 45.6. The van der Waals surface area contributed by atoms with Crippen LogP contribution in [0.25, 0.3) is 11.3 Å². The zero-order valence-electron chi connectivity index (χ0n) is 16.0. The number of nitrogens with two attached hydrogens (primary N) is 1. The highest BCUT2D eigenvalue weighted by atomic mass is 35.5. The first kappa shape index (κ1) is 22.2. The summed E-state index contributed by atoms with van der Waals surface area (Å²) in [6.45, 7) is -0.390. The van der Waals surface area contributed by atoms with Crippen molar-refractivity contribution in [1.82, 2.24) is 9.78 Å². The smallest absolute Gasteiger partial charge is 0.416 e. The Balaban J connectivity index is 1.95. The molecule has 3 N–H and O–H groups in total. The first-order valence-corrected chi connectivity index (χ1v) is 9.15. The summed E-state index contributed by atoms with van der Waals surface area (Å²) in [6, 6.07) is 8.51. The minimum atomic E-state index is -4.57.